The maximum absolute atomic E-state index is 12.6. The molecule has 1 saturated heterocycles. The first kappa shape index (κ1) is 55.7. The van der Waals surface area contributed by atoms with E-state index in [1.54, 1.807) is 45.1 Å². The molecule has 0 spiro atoms. The molecule has 1 fully saturated rings. The summed E-state index contributed by atoms with van der Waals surface area (Å²) in [6, 6.07) is -0.735. The van der Waals surface area contributed by atoms with Gasteiger partial charge in [-0.05, 0) is 52.4 Å². The Kier molecular flexibility index (Phi) is 26.4. The van der Waals surface area contributed by atoms with Crippen molar-refractivity contribution in [2.45, 2.75) is 184 Å². The number of aliphatic hydroxyl groups excluding tert-OH is 8. The molecule has 16 heteroatoms. The number of carbonyl (C=O) groups excluding carboxylic acids is 2. The first-order valence-corrected chi connectivity index (χ1v) is 22.0. The van der Waals surface area contributed by atoms with Crippen LogP contribution in [0.15, 0.2) is 90.1 Å². The SMILES string of the molecule is C[C@@H]1[C@H](O)[C@@H](C)/C=C/C=C/C=C/C=C/C=C/C=C/C=C/[C@H](O[C@@H]2O[C@H](C)[C@@H](O)C[C@@H]2O)CC[C@H](N=C=O)CCC(O)(O)C[C@@H](O)C[C@@H](O)[C@H](O)CC[C@@H](O)C[C@@H](O)CC(=O)O[C@H]1C. The molecule has 0 aliphatic carbocycles. The van der Waals surface area contributed by atoms with Crippen LogP contribution in [0.1, 0.15) is 98.3 Å². The van der Waals surface area contributed by atoms with Crippen molar-refractivity contribution < 1.29 is 74.9 Å². The van der Waals surface area contributed by atoms with Gasteiger partial charge < -0.3 is 65.3 Å². The van der Waals surface area contributed by atoms with Gasteiger partial charge in [0.15, 0.2) is 12.1 Å². The molecule has 0 bridgehead atoms. The fourth-order valence-electron chi connectivity index (χ4n) is 7.11. The number of carbonyl (C=O) groups is 1. The van der Waals surface area contributed by atoms with E-state index >= 15 is 0 Å². The Bertz CT molecular complexity index is 1570. The highest BCUT2D eigenvalue weighted by Gasteiger charge is 2.36. The molecule has 0 amide bonds. The predicted molar refractivity (Wildman–Crippen MR) is 235 cm³/mol. The first-order valence-electron chi connectivity index (χ1n) is 22.0. The van der Waals surface area contributed by atoms with Crippen LogP contribution in [0, 0.1) is 11.8 Å². The van der Waals surface area contributed by atoms with Crippen LogP contribution in [-0.2, 0) is 23.8 Å². The van der Waals surface area contributed by atoms with Crippen molar-refractivity contribution in [1.29, 1.82) is 0 Å². The number of rotatable bonds is 3. The minimum absolute atomic E-state index is 0.00882. The number of ether oxygens (including phenoxy) is 3. The number of allylic oxidation sites excluding steroid dienone is 12. The van der Waals surface area contributed by atoms with E-state index in [4.69, 9.17) is 14.2 Å². The lowest BCUT2D eigenvalue weighted by Gasteiger charge is -2.36. The number of hydrogen-bond acceptors (Lipinski definition) is 16. The molecule has 2 rings (SSSR count). The second-order valence-electron chi connectivity index (χ2n) is 16.9. The number of hydrogen-bond donors (Lipinski definition) is 10. The molecule has 63 heavy (non-hydrogen) atoms. The summed E-state index contributed by atoms with van der Waals surface area (Å²) in [6.07, 6.45) is 12.6. The average Bonchev–Trinajstić information content (AvgIpc) is 3.21. The summed E-state index contributed by atoms with van der Waals surface area (Å²) in [7, 11) is 0. The standard InChI is InChI=1S/C47H73NO15/c1-31-17-15-13-11-9-7-5-6-8-10-12-14-16-18-39(63-46-43(56)28-41(54)34(4)62-46)21-19-35(48-30-49)23-24-47(59,60)29-38(52)26-42(55)40(53)22-20-36(50)25-37(51)27-44(57)61-33(3)32(2)45(31)58/h5-18,31-43,45-46,50-56,58-60H,19-29H2,1-4H3/b6-5+,9-7+,10-8+,13-11+,14-12+,17-15+,18-16+/t31-,32-,33-,34+,35-,36+,37+,38-,39-,40+,41-,42+,43-,45+,46-/m0/s1. The quantitative estimate of drug-likeness (QED) is 0.0845. The smallest absolute Gasteiger partial charge is 0.308 e. The Balaban J connectivity index is 2.22. The van der Waals surface area contributed by atoms with Crippen molar-refractivity contribution in [1.82, 2.24) is 0 Å². The van der Waals surface area contributed by atoms with E-state index in [1.165, 1.54) is 6.08 Å². The topological polar surface area (TPSA) is 276 Å². The molecule has 10 N–H and O–H groups in total. The summed E-state index contributed by atoms with van der Waals surface area (Å²) in [5.74, 6) is -3.86. The summed E-state index contributed by atoms with van der Waals surface area (Å²) in [4.78, 5) is 27.7. The highest BCUT2D eigenvalue weighted by Crippen LogP contribution is 2.27. The summed E-state index contributed by atoms with van der Waals surface area (Å²) >= 11 is 0. The van der Waals surface area contributed by atoms with Crippen LogP contribution in [0.3, 0.4) is 0 Å². The van der Waals surface area contributed by atoms with Gasteiger partial charge >= 0.3 is 5.97 Å². The maximum atomic E-state index is 12.6. The largest absolute Gasteiger partial charge is 0.462 e. The summed E-state index contributed by atoms with van der Waals surface area (Å²) in [5, 5.41) is 106. The zero-order valence-electron chi connectivity index (χ0n) is 37.0. The highest BCUT2D eigenvalue weighted by molar-refractivity contribution is 5.70. The van der Waals surface area contributed by atoms with Crippen LogP contribution in [0.25, 0.3) is 0 Å². The molecular formula is C47H73NO15. The van der Waals surface area contributed by atoms with Gasteiger partial charge in [-0.2, -0.15) is 0 Å². The Labute approximate surface area is 371 Å². The zero-order chi connectivity index (χ0) is 47.0. The van der Waals surface area contributed by atoms with Gasteiger partial charge in [-0.1, -0.05) is 98.9 Å². The van der Waals surface area contributed by atoms with E-state index in [2.05, 4.69) is 4.99 Å². The number of cyclic esters (lactones) is 1. The van der Waals surface area contributed by atoms with Crippen molar-refractivity contribution in [2.24, 2.45) is 16.8 Å². The number of nitrogens with zero attached hydrogens (tertiary/aromatic N) is 1. The second kappa shape index (κ2) is 29.9. The molecule has 0 unspecified atom stereocenters. The van der Waals surface area contributed by atoms with Gasteiger partial charge in [0.1, 0.15) is 12.2 Å². The van der Waals surface area contributed by atoms with Crippen LogP contribution in [-0.4, -0.2) is 148 Å². The van der Waals surface area contributed by atoms with Gasteiger partial charge in [0.05, 0.1) is 67.4 Å². The minimum Gasteiger partial charge on any atom is -0.462 e. The summed E-state index contributed by atoms with van der Waals surface area (Å²) in [6.45, 7) is 6.91. The van der Waals surface area contributed by atoms with Gasteiger partial charge in [-0.3, -0.25) is 4.79 Å². The van der Waals surface area contributed by atoms with Crippen molar-refractivity contribution >= 4 is 12.0 Å². The predicted octanol–water partition coefficient (Wildman–Crippen LogP) is 2.79. The van der Waals surface area contributed by atoms with E-state index in [0.29, 0.717) is 0 Å². The van der Waals surface area contributed by atoms with Crippen molar-refractivity contribution in [3.63, 3.8) is 0 Å². The third-order valence-electron chi connectivity index (χ3n) is 11.3. The molecule has 356 valence electrons. The molecule has 0 radical (unpaired) electrons. The van der Waals surface area contributed by atoms with E-state index in [9.17, 15) is 60.7 Å². The molecule has 0 aromatic rings. The van der Waals surface area contributed by atoms with Crippen LogP contribution in [0.2, 0.25) is 0 Å². The van der Waals surface area contributed by atoms with E-state index in [0.717, 1.165) is 0 Å². The third kappa shape index (κ3) is 23.3. The first-order chi connectivity index (χ1) is 29.8. The highest BCUT2D eigenvalue weighted by atomic mass is 16.7. The number of aliphatic imine (C=N–C) groups is 1. The van der Waals surface area contributed by atoms with Crippen molar-refractivity contribution in [3.05, 3.63) is 85.1 Å². The van der Waals surface area contributed by atoms with Gasteiger partial charge in [0, 0.05) is 37.5 Å². The Morgan fingerprint density at radius 2 is 1.22 bits per heavy atom. The molecule has 0 aromatic carbocycles. The lowest BCUT2D eigenvalue weighted by molar-refractivity contribution is -0.270. The van der Waals surface area contributed by atoms with E-state index in [-0.39, 0.29) is 57.3 Å². The Hall–Kier alpha value is -3.45. The van der Waals surface area contributed by atoms with Crippen LogP contribution < -0.4 is 0 Å². The number of esters is 1. The average molecular weight is 892 g/mol. The van der Waals surface area contributed by atoms with Crippen LogP contribution in [0.4, 0.5) is 0 Å². The second-order valence-corrected chi connectivity index (χ2v) is 16.9. The maximum Gasteiger partial charge on any atom is 0.308 e. The summed E-state index contributed by atoms with van der Waals surface area (Å²) < 4.78 is 17.3. The normalized spacial score (nSPS) is 40.9. The molecule has 2 aliphatic heterocycles. The molecule has 0 aromatic heterocycles. The van der Waals surface area contributed by atoms with Gasteiger partial charge in [0.25, 0.3) is 0 Å². The molecule has 2 heterocycles. The number of isocyanates is 1. The molecule has 0 saturated carbocycles. The third-order valence-corrected chi connectivity index (χ3v) is 11.3. The Morgan fingerprint density at radius 3 is 1.83 bits per heavy atom. The van der Waals surface area contributed by atoms with E-state index in [1.807, 2.05) is 67.7 Å². The van der Waals surface area contributed by atoms with Gasteiger partial charge in [-0.15, -0.1) is 0 Å². The van der Waals surface area contributed by atoms with Gasteiger partial charge in [-0.25, -0.2) is 9.79 Å². The zero-order valence-corrected chi connectivity index (χ0v) is 37.0. The molecular weight excluding hydrogens is 819 g/mol. The van der Waals surface area contributed by atoms with Crippen LogP contribution in [0.5, 0.6) is 0 Å². The van der Waals surface area contributed by atoms with Crippen molar-refractivity contribution in [2.75, 3.05) is 0 Å². The Morgan fingerprint density at radius 1 is 0.635 bits per heavy atom. The van der Waals surface area contributed by atoms with Crippen molar-refractivity contribution in [3.8, 4) is 0 Å². The lowest BCUT2D eigenvalue weighted by Crippen LogP contribution is -2.48. The monoisotopic (exact) mass is 891 g/mol. The minimum atomic E-state index is -2.44. The van der Waals surface area contributed by atoms with Gasteiger partial charge in [0.2, 0.25) is 6.08 Å². The molecule has 2 aliphatic rings. The van der Waals surface area contributed by atoms with E-state index < -0.39 is 116 Å². The summed E-state index contributed by atoms with van der Waals surface area (Å²) in [5.41, 5.74) is 0. The lowest BCUT2D eigenvalue weighted by atomic mass is 9.89. The van der Waals surface area contributed by atoms with Crippen LogP contribution >= 0.6 is 0 Å². The molecule has 16 nitrogen and oxygen atoms in total. The fourth-order valence-corrected chi connectivity index (χ4v) is 7.11. The fraction of sp³-hybridized carbons (Fsp3) is 0.660. The molecule has 15 atom stereocenters. The number of aliphatic hydroxyl groups is 10.